The molecule has 0 aliphatic heterocycles. The van der Waals surface area contributed by atoms with Gasteiger partial charge in [0.2, 0.25) is 0 Å². The molecule has 1 atom stereocenters. The Hall–Kier alpha value is -2.40. The monoisotopic (exact) mass is 385 g/mol. The van der Waals surface area contributed by atoms with Crippen molar-refractivity contribution in [2.75, 3.05) is 6.54 Å². The maximum Gasteiger partial charge on any atom is 0.131 e. The van der Waals surface area contributed by atoms with Gasteiger partial charge in [-0.3, -0.25) is 0 Å². The number of benzene rings is 3. The van der Waals surface area contributed by atoms with E-state index in [1.165, 1.54) is 6.07 Å². The van der Waals surface area contributed by atoms with Gasteiger partial charge in [-0.15, -0.1) is 0 Å². The zero-order chi connectivity index (χ0) is 19.1. The summed E-state index contributed by atoms with van der Waals surface area (Å²) in [6.07, 6.45) is -0.561. The lowest BCUT2D eigenvalue weighted by Crippen LogP contribution is -2.21. The van der Waals surface area contributed by atoms with E-state index in [4.69, 9.17) is 16.3 Å². The van der Waals surface area contributed by atoms with Crippen LogP contribution in [0.25, 0.3) is 0 Å². The van der Waals surface area contributed by atoms with Crippen molar-refractivity contribution in [3.05, 3.63) is 100 Å². The molecule has 5 heteroatoms. The number of hydrogen-bond donors (Lipinski definition) is 2. The van der Waals surface area contributed by atoms with Crippen LogP contribution in [0.4, 0.5) is 4.39 Å². The molecule has 0 aromatic heterocycles. The van der Waals surface area contributed by atoms with Gasteiger partial charge in [-0.25, -0.2) is 4.39 Å². The van der Waals surface area contributed by atoms with Crippen LogP contribution in [0, 0.1) is 5.82 Å². The van der Waals surface area contributed by atoms with Crippen molar-refractivity contribution in [2.45, 2.75) is 19.3 Å². The van der Waals surface area contributed by atoms with Gasteiger partial charge in [0, 0.05) is 18.7 Å². The minimum Gasteiger partial charge on any atom is -0.489 e. The van der Waals surface area contributed by atoms with Gasteiger partial charge in [-0.2, -0.15) is 0 Å². The number of aliphatic hydroxyl groups excluding tert-OH is 1. The van der Waals surface area contributed by atoms with E-state index in [1.54, 1.807) is 12.1 Å². The number of hydrogen-bond acceptors (Lipinski definition) is 3. The van der Waals surface area contributed by atoms with E-state index in [-0.39, 0.29) is 12.4 Å². The second-order valence-corrected chi connectivity index (χ2v) is 6.60. The highest BCUT2D eigenvalue weighted by molar-refractivity contribution is 6.31. The minimum atomic E-state index is -0.561. The SMILES string of the molecule is OC(CNCc1cccc(OCc2c(F)cccc2Cl)c1)c1ccccc1. The number of aliphatic hydroxyl groups is 1. The van der Waals surface area contributed by atoms with Crippen molar-refractivity contribution in [1.29, 1.82) is 0 Å². The van der Waals surface area contributed by atoms with E-state index in [0.29, 0.717) is 29.4 Å². The zero-order valence-corrected chi connectivity index (χ0v) is 15.5. The van der Waals surface area contributed by atoms with Crippen molar-refractivity contribution in [2.24, 2.45) is 0 Å². The summed E-state index contributed by atoms with van der Waals surface area (Å²) in [4.78, 5) is 0. The molecule has 0 aliphatic carbocycles. The molecule has 0 saturated heterocycles. The van der Waals surface area contributed by atoms with E-state index >= 15 is 0 Å². The molecule has 0 aliphatic rings. The molecule has 1 unspecified atom stereocenters. The van der Waals surface area contributed by atoms with Crippen LogP contribution in [0.1, 0.15) is 22.8 Å². The fourth-order valence-corrected chi connectivity index (χ4v) is 2.93. The van der Waals surface area contributed by atoms with Crippen LogP contribution in [0.5, 0.6) is 5.75 Å². The Morgan fingerprint density at radius 1 is 1.00 bits per heavy atom. The van der Waals surface area contributed by atoms with Crippen molar-refractivity contribution in [3.8, 4) is 5.75 Å². The third kappa shape index (κ3) is 5.54. The van der Waals surface area contributed by atoms with E-state index in [0.717, 1.165) is 11.1 Å². The van der Waals surface area contributed by atoms with E-state index < -0.39 is 6.10 Å². The zero-order valence-electron chi connectivity index (χ0n) is 14.7. The lowest BCUT2D eigenvalue weighted by Gasteiger charge is -2.13. The summed E-state index contributed by atoms with van der Waals surface area (Å²) in [5.74, 6) is 0.257. The van der Waals surface area contributed by atoms with E-state index in [2.05, 4.69) is 5.32 Å². The second kappa shape index (κ2) is 9.51. The fraction of sp³-hybridized carbons (Fsp3) is 0.182. The Kier molecular flexibility index (Phi) is 6.82. The first kappa shape index (κ1) is 19.4. The molecule has 0 amide bonds. The van der Waals surface area contributed by atoms with Crippen LogP contribution in [0.3, 0.4) is 0 Å². The van der Waals surface area contributed by atoms with E-state index in [9.17, 15) is 9.50 Å². The van der Waals surface area contributed by atoms with Crippen LogP contribution >= 0.6 is 11.6 Å². The molecular formula is C22H21ClFNO2. The maximum absolute atomic E-state index is 13.8. The van der Waals surface area contributed by atoms with Gasteiger partial charge in [-0.05, 0) is 35.4 Å². The van der Waals surface area contributed by atoms with Crippen LogP contribution < -0.4 is 10.1 Å². The maximum atomic E-state index is 13.8. The number of ether oxygens (including phenoxy) is 1. The molecule has 0 bridgehead atoms. The Labute approximate surface area is 163 Å². The van der Waals surface area contributed by atoms with Crippen LogP contribution in [0.2, 0.25) is 5.02 Å². The minimum absolute atomic E-state index is 0.0646. The first-order chi connectivity index (χ1) is 13.1. The number of halogens is 2. The average molecular weight is 386 g/mol. The van der Waals surface area contributed by atoms with Gasteiger partial charge in [-0.1, -0.05) is 60.1 Å². The topological polar surface area (TPSA) is 41.5 Å². The van der Waals surface area contributed by atoms with Gasteiger partial charge >= 0.3 is 0 Å². The molecule has 3 aromatic rings. The van der Waals surface area contributed by atoms with Crippen molar-refractivity contribution < 1.29 is 14.2 Å². The normalized spacial score (nSPS) is 12.0. The van der Waals surface area contributed by atoms with E-state index in [1.807, 2.05) is 54.6 Å². The highest BCUT2D eigenvalue weighted by Gasteiger charge is 2.09. The molecule has 0 heterocycles. The standard InChI is InChI=1S/C22H21ClFNO2/c23-20-10-5-11-21(24)19(20)15-27-18-9-4-6-16(12-18)13-25-14-22(26)17-7-2-1-3-8-17/h1-12,22,25-26H,13-15H2. The van der Waals surface area contributed by atoms with Gasteiger partial charge < -0.3 is 15.2 Å². The van der Waals surface area contributed by atoms with Crippen LogP contribution in [0.15, 0.2) is 72.8 Å². The molecule has 3 nitrogen and oxygen atoms in total. The molecule has 0 radical (unpaired) electrons. The van der Waals surface area contributed by atoms with Crippen LogP contribution in [-0.4, -0.2) is 11.7 Å². The first-order valence-electron chi connectivity index (χ1n) is 8.72. The molecule has 3 aromatic carbocycles. The van der Waals surface area contributed by atoms with Gasteiger partial charge in [0.1, 0.15) is 18.2 Å². The molecule has 0 fully saturated rings. The quantitative estimate of drug-likeness (QED) is 0.580. The number of nitrogens with one attached hydrogen (secondary N) is 1. The Morgan fingerprint density at radius 3 is 2.56 bits per heavy atom. The third-order valence-corrected chi connectivity index (χ3v) is 4.55. The van der Waals surface area contributed by atoms with Crippen molar-refractivity contribution in [1.82, 2.24) is 5.32 Å². The average Bonchev–Trinajstić information content (AvgIpc) is 2.68. The Morgan fingerprint density at radius 2 is 1.78 bits per heavy atom. The summed E-state index contributed by atoms with van der Waals surface area (Å²) in [5.41, 5.74) is 2.23. The lowest BCUT2D eigenvalue weighted by atomic mass is 10.1. The van der Waals surface area contributed by atoms with Crippen molar-refractivity contribution in [3.63, 3.8) is 0 Å². The third-order valence-electron chi connectivity index (χ3n) is 4.19. The molecular weight excluding hydrogens is 365 g/mol. The van der Waals surface area contributed by atoms with Crippen LogP contribution in [-0.2, 0) is 13.2 Å². The predicted octanol–water partition coefficient (Wildman–Crippen LogP) is 4.88. The summed E-state index contributed by atoms with van der Waals surface area (Å²) in [5, 5.41) is 13.8. The highest BCUT2D eigenvalue weighted by Crippen LogP contribution is 2.22. The highest BCUT2D eigenvalue weighted by atomic mass is 35.5. The molecule has 2 N–H and O–H groups in total. The summed E-state index contributed by atoms with van der Waals surface area (Å²) >= 11 is 6.02. The predicted molar refractivity (Wildman–Crippen MR) is 105 cm³/mol. The molecule has 3 rings (SSSR count). The molecule has 0 spiro atoms. The van der Waals surface area contributed by atoms with Gasteiger partial charge in [0.25, 0.3) is 0 Å². The largest absolute Gasteiger partial charge is 0.489 e. The lowest BCUT2D eigenvalue weighted by molar-refractivity contribution is 0.174. The Balaban J connectivity index is 1.53. The second-order valence-electron chi connectivity index (χ2n) is 6.19. The van der Waals surface area contributed by atoms with Gasteiger partial charge in [0.15, 0.2) is 0 Å². The summed E-state index contributed by atoms with van der Waals surface area (Å²) < 4.78 is 19.5. The summed E-state index contributed by atoms with van der Waals surface area (Å²) in [7, 11) is 0. The molecule has 27 heavy (non-hydrogen) atoms. The fourth-order valence-electron chi connectivity index (χ4n) is 2.72. The Bertz CT molecular complexity index is 853. The molecule has 0 saturated carbocycles. The molecule has 140 valence electrons. The van der Waals surface area contributed by atoms with Crippen molar-refractivity contribution >= 4 is 11.6 Å². The summed E-state index contributed by atoms with van der Waals surface area (Å²) in [6.45, 7) is 1.09. The first-order valence-corrected chi connectivity index (χ1v) is 9.09. The smallest absolute Gasteiger partial charge is 0.131 e. The number of rotatable bonds is 8. The summed E-state index contributed by atoms with van der Waals surface area (Å²) in [6, 6.07) is 21.6. The van der Waals surface area contributed by atoms with Gasteiger partial charge in [0.05, 0.1) is 11.1 Å².